The molecule has 1 N–H and O–H groups in total. The zero-order valence-electron chi connectivity index (χ0n) is 16.0. The third-order valence-corrected chi connectivity index (χ3v) is 5.61. The van der Waals surface area contributed by atoms with Gasteiger partial charge in [-0.05, 0) is 64.1 Å². The van der Waals surface area contributed by atoms with Crippen molar-refractivity contribution in [2.24, 2.45) is 5.92 Å². The second kappa shape index (κ2) is 6.65. The van der Waals surface area contributed by atoms with E-state index in [1.165, 1.54) is 6.42 Å². The van der Waals surface area contributed by atoms with E-state index in [-0.39, 0.29) is 17.2 Å². The molecule has 5 nitrogen and oxygen atoms in total. The van der Waals surface area contributed by atoms with Crippen LogP contribution < -0.4 is 10.8 Å². The summed E-state index contributed by atoms with van der Waals surface area (Å²) in [5, 5.41) is 3.01. The van der Waals surface area contributed by atoms with Crippen molar-refractivity contribution in [3.8, 4) is 0 Å². The maximum absolute atomic E-state index is 12.5. The molecule has 136 valence electrons. The topological polar surface area (TPSA) is 50.8 Å². The van der Waals surface area contributed by atoms with Gasteiger partial charge in [-0.1, -0.05) is 19.1 Å². The zero-order valence-corrected chi connectivity index (χ0v) is 16.0. The number of carbonyl (C=O) groups is 1. The number of amides is 2. The first kappa shape index (κ1) is 18.3. The average Bonchev–Trinajstić information content (AvgIpc) is 2.76. The van der Waals surface area contributed by atoms with E-state index in [9.17, 15) is 4.79 Å². The van der Waals surface area contributed by atoms with Crippen molar-refractivity contribution in [1.29, 1.82) is 0 Å². The van der Waals surface area contributed by atoms with Crippen LogP contribution in [0.2, 0.25) is 0 Å². The lowest BCUT2D eigenvalue weighted by Crippen LogP contribution is -2.42. The van der Waals surface area contributed by atoms with Gasteiger partial charge in [0.25, 0.3) is 0 Å². The third-order valence-electron chi connectivity index (χ3n) is 5.61. The summed E-state index contributed by atoms with van der Waals surface area (Å²) in [6.45, 7) is 12.0. The summed E-state index contributed by atoms with van der Waals surface area (Å²) in [4.78, 5) is 14.4. The molecule has 0 saturated carbocycles. The van der Waals surface area contributed by atoms with Crippen LogP contribution in [-0.4, -0.2) is 42.3 Å². The van der Waals surface area contributed by atoms with Crippen molar-refractivity contribution >= 4 is 24.3 Å². The normalized spacial score (nSPS) is 25.1. The van der Waals surface area contributed by atoms with Gasteiger partial charge in [0.05, 0.1) is 11.2 Å². The lowest BCUT2D eigenvalue weighted by atomic mass is 9.79. The van der Waals surface area contributed by atoms with Crippen LogP contribution in [0.5, 0.6) is 0 Å². The average molecular weight is 344 g/mol. The number of benzene rings is 1. The number of rotatable bonds is 2. The first-order chi connectivity index (χ1) is 11.7. The van der Waals surface area contributed by atoms with Crippen LogP contribution in [-0.2, 0) is 9.31 Å². The Kier molecular flexibility index (Phi) is 4.86. The maximum Gasteiger partial charge on any atom is 0.494 e. The van der Waals surface area contributed by atoms with E-state index in [0.717, 1.165) is 30.7 Å². The molecule has 0 radical (unpaired) electrons. The van der Waals surface area contributed by atoms with Crippen molar-refractivity contribution in [3.63, 3.8) is 0 Å². The molecule has 2 aliphatic rings. The van der Waals surface area contributed by atoms with Gasteiger partial charge in [0.15, 0.2) is 0 Å². The molecule has 0 bridgehead atoms. The van der Waals surface area contributed by atoms with Crippen molar-refractivity contribution in [1.82, 2.24) is 4.90 Å². The lowest BCUT2D eigenvalue weighted by molar-refractivity contribution is 0.00578. The summed E-state index contributed by atoms with van der Waals surface area (Å²) in [7, 11) is -0.420. The quantitative estimate of drug-likeness (QED) is 0.838. The van der Waals surface area contributed by atoms with Gasteiger partial charge in [0.2, 0.25) is 0 Å². The Hall–Kier alpha value is -1.53. The third kappa shape index (κ3) is 3.85. The van der Waals surface area contributed by atoms with Gasteiger partial charge in [-0.25, -0.2) is 4.79 Å². The van der Waals surface area contributed by atoms with E-state index >= 15 is 0 Å². The Balaban J connectivity index is 1.69. The van der Waals surface area contributed by atoms with Crippen LogP contribution in [0.15, 0.2) is 24.3 Å². The fourth-order valence-electron chi connectivity index (χ4n) is 3.32. The molecule has 3 rings (SSSR count). The molecule has 1 aromatic carbocycles. The molecule has 0 spiro atoms. The van der Waals surface area contributed by atoms with Crippen molar-refractivity contribution in [2.45, 2.75) is 58.7 Å². The smallest absolute Gasteiger partial charge is 0.399 e. The molecule has 1 atom stereocenters. The molecule has 1 unspecified atom stereocenters. The van der Waals surface area contributed by atoms with E-state index in [2.05, 4.69) is 12.2 Å². The molecule has 0 aromatic heterocycles. The molecule has 6 heteroatoms. The summed E-state index contributed by atoms with van der Waals surface area (Å²) in [6, 6.07) is 7.71. The number of likely N-dealkylation sites (tertiary alicyclic amines) is 1. The molecular weight excluding hydrogens is 315 g/mol. The lowest BCUT2D eigenvalue weighted by Gasteiger charge is -2.32. The summed E-state index contributed by atoms with van der Waals surface area (Å²) in [5.74, 6) is 0.565. The monoisotopic (exact) mass is 344 g/mol. The summed E-state index contributed by atoms with van der Waals surface area (Å²) in [6.07, 6.45) is 2.27. The van der Waals surface area contributed by atoms with E-state index in [4.69, 9.17) is 9.31 Å². The van der Waals surface area contributed by atoms with E-state index < -0.39 is 7.12 Å². The molecule has 0 aliphatic carbocycles. The fraction of sp³-hybridized carbons (Fsp3) is 0.632. The highest BCUT2D eigenvalue weighted by molar-refractivity contribution is 6.62. The molecule has 2 heterocycles. The molecule has 2 aliphatic heterocycles. The Morgan fingerprint density at radius 3 is 2.56 bits per heavy atom. The van der Waals surface area contributed by atoms with Crippen LogP contribution in [0.1, 0.15) is 47.5 Å². The number of nitrogens with one attached hydrogen (secondary N) is 1. The Labute approximate surface area is 151 Å². The van der Waals surface area contributed by atoms with Crippen molar-refractivity contribution < 1.29 is 14.1 Å². The number of carbonyl (C=O) groups excluding carboxylic acids is 1. The Bertz CT molecular complexity index is 631. The van der Waals surface area contributed by atoms with Crippen LogP contribution in [0.25, 0.3) is 0 Å². The maximum atomic E-state index is 12.5. The van der Waals surface area contributed by atoms with Gasteiger partial charge in [-0.2, -0.15) is 0 Å². The second-order valence-electron chi connectivity index (χ2n) is 8.34. The zero-order chi connectivity index (χ0) is 18.2. The largest absolute Gasteiger partial charge is 0.494 e. The number of anilines is 1. The first-order valence-corrected chi connectivity index (χ1v) is 9.19. The van der Waals surface area contributed by atoms with E-state index in [1.807, 2.05) is 56.9 Å². The predicted molar refractivity (Wildman–Crippen MR) is 101 cm³/mol. The van der Waals surface area contributed by atoms with Crippen molar-refractivity contribution in [2.75, 3.05) is 18.4 Å². The van der Waals surface area contributed by atoms with Crippen LogP contribution in [0, 0.1) is 5.92 Å². The summed E-state index contributed by atoms with van der Waals surface area (Å²) >= 11 is 0. The standard InChI is InChI=1S/C19H29BN2O3/c1-14-8-7-11-22(13-14)17(23)21-16-10-6-9-15(12-16)20-24-18(2,3)19(4,5)25-20/h6,9-10,12,14H,7-8,11,13H2,1-5H3,(H,21,23). The van der Waals surface area contributed by atoms with Gasteiger partial charge in [-0.15, -0.1) is 0 Å². The fourth-order valence-corrected chi connectivity index (χ4v) is 3.32. The number of urea groups is 1. The van der Waals surface area contributed by atoms with Gasteiger partial charge >= 0.3 is 13.1 Å². The summed E-state index contributed by atoms with van der Waals surface area (Å²) < 4.78 is 12.2. The molecular formula is C19H29BN2O3. The van der Waals surface area contributed by atoms with Gasteiger partial charge in [0, 0.05) is 18.8 Å². The Morgan fingerprint density at radius 1 is 1.24 bits per heavy atom. The number of piperidine rings is 1. The number of nitrogens with zero attached hydrogens (tertiary/aromatic N) is 1. The SMILES string of the molecule is CC1CCCN(C(=O)Nc2cccc(B3OC(C)(C)C(C)(C)O3)c2)C1. The minimum atomic E-state index is -0.420. The highest BCUT2D eigenvalue weighted by Gasteiger charge is 2.51. The minimum absolute atomic E-state index is 0.0300. The number of hydrogen-bond donors (Lipinski definition) is 1. The molecule has 2 amide bonds. The summed E-state index contributed by atoms with van der Waals surface area (Å²) in [5.41, 5.74) is 0.945. The van der Waals surface area contributed by atoms with Crippen molar-refractivity contribution in [3.05, 3.63) is 24.3 Å². The van der Waals surface area contributed by atoms with Gasteiger partial charge < -0.3 is 19.5 Å². The molecule has 2 fully saturated rings. The van der Waals surface area contributed by atoms with Crippen LogP contribution in [0.3, 0.4) is 0 Å². The highest BCUT2D eigenvalue weighted by Crippen LogP contribution is 2.36. The molecule has 2 saturated heterocycles. The number of hydrogen-bond acceptors (Lipinski definition) is 3. The predicted octanol–water partition coefficient (Wildman–Crippen LogP) is 3.25. The van der Waals surface area contributed by atoms with Crippen LogP contribution in [0.4, 0.5) is 10.5 Å². The van der Waals surface area contributed by atoms with E-state index in [1.54, 1.807) is 0 Å². The highest BCUT2D eigenvalue weighted by atomic mass is 16.7. The minimum Gasteiger partial charge on any atom is -0.399 e. The molecule has 1 aromatic rings. The van der Waals surface area contributed by atoms with Crippen LogP contribution >= 0.6 is 0 Å². The van der Waals surface area contributed by atoms with Gasteiger partial charge in [-0.3, -0.25) is 0 Å². The molecule has 25 heavy (non-hydrogen) atoms. The Morgan fingerprint density at radius 2 is 1.92 bits per heavy atom. The van der Waals surface area contributed by atoms with E-state index in [0.29, 0.717) is 5.92 Å². The first-order valence-electron chi connectivity index (χ1n) is 9.19. The van der Waals surface area contributed by atoms with Gasteiger partial charge in [0.1, 0.15) is 0 Å². The second-order valence-corrected chi connectivity index (χ2v) is 8.34.